The molecule has 0 N–H and O–H groups in total. The number of hydrogen-bond donors (Lipinski definition) is 0. The zero-order valence-electron chi connectivity index (χ0n) is 10.9. The number of nitrogens with zero attached hydrogens (tertiary/aromatic N) is 1. The van der Waals surface area contributed by atoms with Crippen molar-refractivity contribution in [2.24, 2.45) is 0 Å². The van der Waals surface area contributed by atoms with Crippen LogP contribution in [0.15, 0.2) is 18.2 Å². The summed E-state index contributed by atoms with van der Waals surface area (Å²) >= 11 is 0. The summed E-state index contributed by atoms with van der Waals surface area (Å²) in [6.07, 6.45) is 5.60. The van der Waals surface area contributed by atoms with Crippen LogP contribution in [-0.4, -0.2) is 0 Å². The smallest absolute Gasteiger partial charge is 0.0991 e. The van der Waals surface area contributed by atoms with Crippen molar-refractivity contribution >= 4 is 20.1 Å². The molecule has 0 aliphatic heterocycles. The molecule has 0 aliphatic carbocycles. The topological polar surface area (TPSA) is 23.8 Å². The maximum atomic E-state index is 8.95. The molecule has 1 rings (SSSR count). The number of rotatable bonds is 4. The molecule has 0 bridgehead atoms. The Morgan fingerprint density at radius 1 is 1.41 bits per heavy atom. The molecule has 2 heteroatoms. The molecule has 0 fully saturated rings. The fourth-order valence-corrected chi connectivity index (χ4v) is 2.76. The van der Waals surface area contributed by atoms with Gasteiger partial charge in [0.15, 0.2) is 0 Å². The highest BCUT2D eigenvalue weighted by Crippen LogP contribution is 2.24. The van der Waals surface area contributed by atoms with Gasteiger partial charge < -0.3 is 0 Å². The van der Waals surface area contributed by atoms with Crippen molar-refractivity contribution in [2.75, 3.05) is 0 Å². The van der Waals surface area contributed by atoms with E-state index >= 15 is 0 Å². The Balaban J connectivity index is 3.30. The lowest BCUT2D eigenvalue weighted by Crippen LogP contribution is -2.05. The van der Waals surface area contributed by atoms with Crippen LogP contribution >= 0.6 is 9.24 Å². The molecule has 0 aromatic heterocycles. The normalized spacial score (nSPS) is 11.4. The largest absolute Gasteiger partial charge is 0.192 e. The highest BCUT2D eigenvalue weighted by Gasteiger charge is 2.09. The molecular weight excluding hydrogens is 225 g/mol. The lowest BCUT2D eigenvalue weighted by Gasteiger charge is -2.14. The highest BCUT2D eigenvalue weighted by atomic mass is 31.0. The molecule has 1 unspecified atom stereocenters. The Morgan fingerprint density at radius 3 is 2.59 bits per heavy atom. The summed E-state index contributed by atoms with van der Waals surface area (Å²) in [6, 6.07) is 6.13. The van der Waals surface area contributed by atoms with Crippen molar-refractivity contribution in [3.05, 3.63) is 34.9 Å². The van der Waals surface area contributed by atoms with Gasteiger partial charge in [-0.15, -0.1) is 9.24 Å². The van der Waals surface area contributed by atoms with Crippen molar-refractivity contribution < 1.29 is 0 Å². The molecule has 0 heterocycles. The molecule has 0 amide bonds. The number of hydrogen-bond acceptors (Lipinski definition) is 1. The second-order valence-corrected chi connectivity index (χ2v) is 4.88. The Labute approximate surface area is 107 Å². The molecule has 0 saturated carbocycles. The summed E-state index contributed by atoms with van der Waals surface area (Å²) in [6.45, 7) is 6.45. The van der Waals surface area contributed by atoms with Gasteiger partial charge >= 0.3 is 0 Å². The third-order valence-corrected chi connectivity index (χ3v) is 3.24. The summed E-state index contributed by atoms with van der Waals surface area (Å²) in [4.78, 5) is 0. The predicted octanol–water partition coefficient (Wildman–Crippen LogP) is 3.96. The van der Waals surface area contributed by atoms with Gasteiger partial charge in [-0.3, -0.25) is 0 Å². The molecule has 1 atom stereocenters. The van der Waals surface area contributed by atoms with E-state index in [0.717, 1.165) is 30.1 Å². The second kappa shape index (κ2) is 6.58. The molecule has 0 radical (unpaired) electrons. The quantitative estimate of drug-likeness (QED) is 0.736. The van der Waals surface area contributed by atoms with Crippen LogP contribution in [0.2, 0.25) is 0 Å². The van der Waals surface area contributed by atoms with Gasteiger partial charge in [0.25, 0.3) is 0 Å². The van der Waals surface area contributed by atoms with E-state index in [-0.39, 0.29) is 0 Å². The molecular formula is C15H20NP. The predicted molar refractivity (Wildman–Crippen MR) is 78.4 cm³/mol. The van der Waals surface area contributed by atoms with Gasteiger partial charge in [0, 0.05) is 0 Å². The molecule has 17 heavy (non-hydrogen) atoms. The van der Waals surface area contributed by atoms with E-state index < -0.39 is 0 Å². The zero-order valence-corrected chi connectivity index (χ0v) is 12.0. The number of nitriles is 1. The van der Waals surface area contributed by atoms with Gasteiger partial charge in [0.1, 0.15) is 0 Å². The summed E-state index contributed by atoms with van der Waals surface area (Å²) in [5.74, 6) is 0. The SMILES string of the molecule is CC/C=C(\CCC)c1c(C)cc(C#N)cc1P. The highest BCUT2D eigenvalue weighted by molar-refractivity contribution is 7.27. The number of aryl methyl sites for hydroxylation is 1. The average molecular weight is 245 g/mol. The minimum atomic E-state index is 0.739. The van der Waals surface area contributed by atoms with Crippen LogP contribution in [-0.2, 0) is 0 Å². The van der Waals surface area contributed by atoms with Crippen LogP contribution in [0.5, 0.6) is 0 Å². The zero-order chi connectivity index (χ0) is 12.8. The van der Waals surface area contributed by atoms with E-state index in [2.05, 4.69) is 42.2 Å². The van der Waals surface area contributed by atoms with E-state index in [9.17, 15) is 0 Å². The van der Waals surface area contributed by atoms with Gasteiger partial charge in [-0.1, -0.05) is 26.3 Å². The Morgan fingerprint density at radius 2 is 2.12 bits per heavy atom. The van der Waals surface area contributed by atoms with Crippen molar-refractivity contribution in [1.82, 2.24) is 0 Å². The van der Waals surface area contributed by atoms with Gasteiger partial charge in [-0.2, -0.15) is 5.26 Å². The van der Waals surface area contributed by atoms with Crippen molar-refractivity contribution in [1.29, 1.82) is 5.26 Å². The van der Waals surface area contributed by atoms with E-state index in [1.165, 1.54) is 16.7 Å². The summed E-state index contributed by atoms with van der Waals surface area (Å²) in [5.41, 5.74) is 4.64. The van der Waals surface area contributed by atoms with Crippen LogP contribution in [0.1, 0.15) is 49.8 Å². The van der Waals surface area contributed by atoms with Crippen LogP contribution in [0.25, 0.3) is 5.57 Å². The van der Waals surface area contributed by atoms with E-state index in [1.807, 2.05) is 12.1 Å². The minimum Gasteiger partial charge on any atom is -0.192 e. The lowest BCUT2D eigenvalue weighted by atomic mass is 9.94. The standard InChI is InChI=1S/C15H20NP/c1-4-6-13(7-5-2)15-11(3)8-12(10-16)9-14(15)17/h6,8-9H,4-5,7,17H2,1-3H3/b13-6+. The Bertz CT molecular complexity index is 443. The van der Waals surface area contributed by atoms with Crippen LogP contribution in [0.4, 0.5) is 0 Å². The second-order valence-electron chi connectivity index (χ2n) is 4.26. The minimum absolute atomic E-state index is 0.739. The first-order chi connectivity index (χ1) is 8.13. The summed E-state index contributed by atoms with van der Waals surface area (Å²) < 4.78 is 0. The van der Waals surface area contributed by atoms with Crippen molar-refractivity contribution in [3.8, 4) is 6.07 Å². The lowest BCUT2D eigenvalue weighted by molar-refractivity contribution is 0.967. The fourth-order valence-electron chi connectivity index (χ4n) is 2.16. The van der Waals surface area contributed by atoms with Crippen LogP contribution in [0.3, 0.4) is 0 Å². The molecule has 0 aliphatic rings. The maximum absolute atomic E-state index is 8.95. The average Bonchev–Trinajstić information content (AvgIpc) is 2.28. The van der Waals surface area contributed by atoms with Crippen LogP contribution in [0, 0.1) is 18.3 Å². The van der Waals surface area contributed by atoms with E-state index in [0.29, 0.717) is 0 Å². The van der Waals surface area contributed by atoms with Gasteiger partial charge in [0.05, 0.1) is 11.6 Å². The first-order valence-corrected chi connectivity index (χ1v) is 6.71. The molecule has 0 spiro atoms. The first-order valence-electron chi connectivity index (χ1n) is 6.13. The van der Waals surface area contributed by atoms with Crippen LogP contribution < -0.4 is 5.30 Å². The summed E-state index contributed by atoms with van der Waals surface area (Å²) in [5, 5.41) is 10.1. The Hall–Kier alpha value is -1.12. The Kier molecular flexibility index (Phi) is 5.39. The van der Waals surface area contributed by atoms with E-state index in [4.69, 9.17) is 5.26 Å². The number of benzene rings is 1. The summed E-state index contributed by atoms with van der Waals surface area (Å²) in [7, 11) is 2.76. The fraction of sp³-hybridized carbons (Fsp3) is 0.400. The van der Waals surface area contributed by atoms with Gasteiger partial charge in [-0.05, 0) is 53.9 Å². The molecule has 1 aromatic carbocycles. The number of allylic oxidation sites excluding steroid dienone is 2. The third kappa shape index (κ3) is 3.42. The van der Waals surface area contributed by atoms with Gasteiger partial charge in [0.2, 0.25) is 0 Å². The maximum Gasteiger partial charge on any atom is 0.0991 e. The third-order valence-electron chi connectivity index (χ3n) is 2.79. The van der Waals surface area contributed by atoms with Crippen molar-refractivity contribution in [2.45, 2.75) is 40.0 Å². The monoisotopic (exact) mass is 245 g/mol. The van der Waals surface area contributed by atoms with Gasteiger partial charge in [-0.25, -0.2) is 0 Å². The van der Waals surface area contributed by atoms with Crippen molar-refractivity contribution in [3.63, 3.8) is 0 Å². The molecule has 0 saturated heterocycles. The first kappa shape index (κ1) is 13.9. The molecule has 90 valence electrons. The molecule has 1 aromatic rings. The molecule has 1 nitrogen and oxygen atoms in total. The van der Waals surface area contributed by atoms with E-state index in [1.54, 1.807) is 0 Å².